The van der Waals surface area contributed by atoms with Gasteiger partial charge in [-0.15, -0.1) is 0 Å². The maximum Gasteiger partial charge on any atom is 0.315 e. The van der Waals surface area contributed by atoms with Crippen molar-refractivity contribution < 1.29 is 9.53 Å². The fraction of sp³-hybridized carbons (Fsp3) is 0.955. The van der Waals surface area contributed by atoms with Gasteiger partial charge >= 0.3 is 6.03 Å². The molecule has 2 amide bonds. The fourth-order valence-electron chi connectivity index (χ4n) is 5.70. The van der Waals surface area contributed by atoms with Gasteiger partial charge < -0.3 is 20.7 Å². The number of hydrogen-bond donors (Lipinski definition) is 2. The van der Waals surface area contributed by atoms with E-state index in [9.17, 15) is 4.79 Å². The highest BCUT2D eigenvalue weighted by Gasteiger charge is 2.46. The van der Waals surface area contributed by atoms with Crippen molar-refractivity contribution in [3.63, 3.8) is 0 Å². The summed E-state index contributed by atoms with van der Waals surface area (Å²) in [5.74, 6) is 1.32. The van der Waals surface area contributed by atoms with E-state index in [0.29, 0.717) is 5.92 Å². The van der Waals surface area contributed by atoms with Crippen LogP contribution in [0.5, 0.6) is 0 Å². The van der Waals surface area contributed by atoms with Crippen molar-refractivity contribution >= 4 is 6.03 Å². The van der Waals surface area contributed by atoms with Gasteiger partial charge in [0.25, 0.3) is 0 Å². The maximum atomic E-state index is 12.4. The number of nitrogens with zero attached hydrogens (tertiary/aromatic N) is 1. The molecule has 2 atom stereocenters. The standard InChI is InChI=1S/C22H43N3O2/c1-24-18-20(17-19-11-5-3-6-12-19)22(13-7-4-10-16-27-2)14-8-9-15-25(22)21(23)26/h19-20,24H,3-18H2,1-2H3,(H2,23,26)/t20-,22?/m0/s1. The largest absolute Gasteiger partial charge is 0.385 e. The summed E-state index contributed by atoms with van der Waals surface area (Å²) in [6, 6.07) is -0.212. The number of urea groups is 1. The third kappa shape index (κ3) is 6.35. The number of nitrogens with two attached hydrogens (primary N) is 1. The van der Waals surface area contributed by atoms with Crippen LogP contribution in [-0.2, 0) is 4.74 Å². The van der Waals surface area contributed by atoms with E-state index in [4.69, 9.17) is 10.5 Å². The molecule has 1 saturated carbocycles. The molecule has 27 heavy (non-hydrogen) atoms. The summed E-state index contributed by atoms with van der Waals surface area (Å²) < 4.78 is 5.21. The topological polar surface area (TPSA) is 67.6 Å². The van der Waals surface area contributed by atoms with E-state index in [2.05, 4.69) is 17.3 Å². The van der Waals surface area contributed by atoms with Gasteiger partial charge in [0, 0.05) is 25.8 Å². The molecule has 2 aliphatic rings. The molecule has 0 bridgehead atoms. The molecule has 5 heteroatoms. The minimum absolute atomic E-state index is 0.0579. The lowest BCUT2D eigenvalue weighted by atomic mass is 9.68. The van der Waals surface area contributed by atoms with Gasteiger partial charge in [-0.25, -0.2) is 4.79 Å². The summed E-state index contributed by atoms with van der Waals surface area (Å²) in [4.78, 5) is 14.5. The Balaban J connectivity index is 2.16. The predicted molar refractivity (Wildman–Crippen MR) is 112 cm³/mol. The Morgan fingerprint density at radius 3 is 2.63 bits per heavy atom. The van der Waals surface area contributed by atoms with Crippen molar-refractivity contribution in [2.75, 3.05) is 33.9 Å². The van der Waals surface area contributed by atoms with Crippen LogP contribution in [0.2, 0.25) is 0 Å². The van der Waals surface area contributed by atoms with Gasteiger partial charge in [0.2, 0.25) is 0 Å². The van der Waals surface area contributed by atoms with E-state index >= 15 is 0 Å². The SMILES string of the molecule is CNC[C@H](CC1CCCCC1)C1(CCCCCOC)CCCCN1C(N)=O. The quantitative estimate of drug-likeness (QED) is 0.524. The Labute approximate surface area is 166 Å². The van der Waals surface area contributed by atoms with E-state index in [1.807, 2.05) is 0 Å². The highest BCUT2D eigenvalue weighted by molar-refractivity contribution is 5.73. The third-order valence-electron chi connectivity index (χ3n) is 7.06. The molecule has 0 aromatic carbocycles. The summed E-state index contributed by atoms with van der Waals surface area (Å²) in [5.41, 5.74) is 5.85. The predicted octanol–water partition coefficient (Wildman–Crippen LogP) is 4.30. The van der Waals surface area contributed by atoms with Crippen LogP contribution >= 0.6 is 0 Å². The molecule has 0 aromatic rings. The second kappa shape index (κ2) is 11.9. The van der Waals surface area contributed by atoms with Crippen LogP contribution < -0.4 is 11.1 Å². The number of nitrogens with one attached hydrogen (secondary N) is 1. The molecule has 158 valence electrons. The number of primary amides is 1. The molecule has 1 aliphatic carbocycles. The van der Waals surface area contributed by atoms with Gasteiger partial charge in [-0.1, -0.05) is 44.9 Å². The number of ether oxygens (including phenoxy) is 1. The molecule has 0 aromatic heterocycles. The third-order valence-corrected chi connectivity index (χ3v) is 7.06. The number of carbonyl (C=O) groups excluding carboxylic acids is 1. The number of unbranched alkanes of at least 4 members (excludes halogenated alkanes) is 2. The van der Waals surface area contributed by atoms with Gasteiger partial charge in [-0.2, -0.15) is 0 Å². The Morgan fingerprint density at radius 2 is 1.96 bits per heavy atom. The first-order valence-corrected chi connectivity index (χ1v) is 11.3. The Hall–Kier alpha value is -0.810. The van der Waals surface area contributed by atoms with Crippen molar-refractivity contribution in [1.82, 2.24) is 10.2 Å². The fourth-order valence-corrected chi connectivity index (χ4v) is 5.70. The van der Waals surface area contributed by atoms with Crippen LogP contribution in [0.15, 0.2) is 0 Å². The summed E-state index contributed by atoms with van der Waals surface area (Å²) >= 11 is 0. The molecular formula is C22H43N3O2. The molecule has 1 heterocycles. The molecule has 0 spiro atoms. The first kappa shape index (κ1) is 22.5. The number of carbonyl (C=O) groups is 1. The number of amides is 2. The first-order chi connectivity index (χ1) is 13.1. The van der Waals surface area contributed by atoms with Crippen molar-refractivity contribution in [3.05, 3.63) is 0 Å². The van der Waals surface area contributed by atoms with Crippen molar-refractivity contribution in [3.8, 4) is 0 Å². The van der Waals surface area contributed by atoms with E-state index in [0.717, 1.165) is 64.1 Å². The summed E-state index contributed by atoms with van der Waals surface area (Å²) in [6.07, 6.45) is 16.0. The number of likely N-dealkylation sites (tertiary alicyclic amines) is 1. The number of piperidine rings is 1. The summed E-state index contributed by atoms with van der Waals surface area (Å²) in [7, 11) is 3.82. The second-order valence-corrected chi connectivity index (χ2v) is 8.85. The lowest BCUT2D eigenvalue weighted by Gasteiger charge is -2.52. The maximum absolute atomic E-state index is 12.4. The Kier molecular flexibility index (Phi) is 9.91. The Morgan fingerprint density at radius 1 is 1.19 bits per heavy atom. The summed E-state index contributed by atoms with van der Waals surface area (Å²) in [5, 5.41) is 3.45. The van der Waals surface area contributed by atoms with Crippen LogP contribution in [-0.4, -0.2) is 50.3 Å². The molecule has 0 radical (unpaired) electrons. The van der Waals surface area contributed by atoms with E-state index in [-0.39, 0.29) is 11.6 Å². The Bertz CT molecular complexity index is 426. The van der Waals surface area contributed by atoms with Crippen LogP contribution in [0.3, 0.4) is 0 Å². The van der Waals surface area contributed by atoms with Gasteiger partial charge in [-0.05, 0) is 64.0 Å². The van der Waals surface area contributed by atoms with Crippen molar-refractivity contribution in [2.45, 2.75) is 89.0 Å². The zero-order chi connectivity index (χ0) is 19.5. The second-order valence-electron chi connectivity index (χ2n) is 8.85. The van der Waals surface area contributed by atoms with Gasteiger partial charge in [0.1, 0.15) is 0 Å². The smallest absolute Gasteiger partial charge is 0.315 e. The molecule has 1 unspecified atom stereocenters. The van der Waals surface area contributed by atoms with Gasteiger partial charge in [-0.3, -0.25) is 0 Å². The van der Waals surface area contributed by atoms with Crippen LogP contribution in [0.25, 0.3) is 0 Å². The average molecular weight is 382 g/mol. The molecule has 2 fully saturated rings. The minimum Gasteiger partial charge on any atom is -0.385 e. The highest BCUT2D eigenvalue weighted by Crippen LogP contribution is 2.43. The average Bonchev–Trinajstić information content (AvgIpc) is 2.68. The number of hydrogen-bond acceptors (Lipinski definition) is 3. The molecule has 1 aliphatic heterocycles. The zero-order valence-electron chi connectivity index (χ0n) is 17.8. The minimum atomic E-state index is -0.212. The number of methoxy groups -OCH3 is 1. The number of rotatable bonds is 11. The molecule has 1 saturated heterocycles. The zero-order valence-corrected chi connectivity index (χ0v) is 17.8. The van der Waals surface area contributed by atoms with Crippen LogP contribution in [0.1, 0.15) is 83.5 Å². The van der Waals surface area contributed by atoms with Gasteiger partial charge in [0.05, 0.1) is 0 Å². The summed E-state index contributed by atoms with van der Waals surface area (Å²) in [6.45, 7) is 2.64. The molecular weight excluding hydrogens is 338 g/mol. The van der Waals surface area contributed by atoms with E-state index in [1.165, 1.54) is 44.9 Å². The van der Waals surface area contributed by atoms with E-state index in [1.54, 1.807) is 7.11 Å². The van der Waals surface area contributed by atoms with Crippen molar-refractivity contribution in [1.29, 1.82) is 0 Å². The van der Waals surface area contributed by atoms with Gasteiger partial charge in [0.15, 0.2) is 0 Å². The lowest BCUT2D eigenvalue weighted by Crippen LogP contribution is -2.62. The molecule has 3 N–H and O–H groups in total. The van der Waals surface area contributed by atoms with Crippen molar-refractivity contribution in [2.24, 2.45) is 17.6 Å². The molecule has 5 nitrogen and oxygen atoms in total. The monoisotopic (exact) mass is 381 g/mol. The van der Waals surface area contributed by atoms with Crippen LogP contribution in [0.4, 0.5) is 4.79 Å². The normalized spacial score (nSPS) is 25.5. The first-order valence-electron chi connectivity index (χ1n) is 11.3. The van der Waals surface area contributed by atoms with E-state index < -0.39 is 0 Å². The highest BCUT2D eigenvalue weighted by atomic mass is 16.5. The molecule has 2 rings (SSSR count). The van der Waals surface area contributed by atoms with Crippen LogP contribution in [0, 0.1) is 11.8 Å². The lowest BCUT2D eigenvalue weighted by molar-refractivity contribution is 0.00953.